The van der Waals surface area contributed by atoms with Crippen LogP contribution in [0.1, 0.15) is 5.56 Å². The van der Waals surface area contributed by atoms with E-state index in [4.69, 9.17) is 9.40 Å². The van der Waals surface area contributed by atoms with E-state index in [1.54, 1.807) is 0 Å². The molecule has 7 rings (SSSR count). The molecule has 0 aliphatic rings. The van der Waals surface area contributed by atoms with Crippen LogP contribution in [0.5, 0.6) is 0 Å². The van der Waals surface area contributed by atoms with Crippen LogP contribution in [0, 0.1) is 6.92 Å². The van der Waals surface area contributed by atoms with Crippen LogP contribution >= 0.6 is 0 Å². The van der Waals surface area contributed by atoms with Crippen LogP contribution in [0.3, 0.4) is 0 Å². The lowest BCUT2D eigenvalue weighted by Gasteiger charge is -2.09. The molecule has 7 aromatic rings. The van der Waals surface area contributed by atoms with Crippen molar-refractivity contribution >= 4 is 32.9 Å². The Balaban J connectivity index is 1.25. The number of nitrogens with zero attached hydrogens (tertiary/aromatic N) is 2. The van der Waals surface area contributed by atoms with Crippen LogP contribution in [0.4, 0.5) is 0 Å². The monoisotopic (exact) mass is 450 g/mol. The van der Waals surface area contributed by atoms with Gasteiger partial charge in [-0.05, 0) is 66.1 Å². The molecule has 0 aliphatic carbocycles. The van der Waals surface area contributed by atoms with E-state index in [0.29, 0.717) is 5.89 Å². The minimum Gasteiger partial charge on any atom is -0.436 e. The van der Waals surface area contributed by atoms with E-state index in [1.165, 1.54) is 27.4 Å². The van der Waals surface area contributed by atoms with Gasteiger partial charge in [0.05, 0.1) is 11.0 Å². The molecule has 0 spiro atoms. The predicted octanol–water partition coefficient (Wildman–Crippen LogP) is 8.57. The number of para-hydroxylation sites is 3. The minimum absolute atomic E-state index is 0.655. The first-order valence-electron chi connectivity index (χ1n) is 11.8. The first-order chi connectivity index (χ1) is 17.3. The molecule has 5 aromatic carbocycles. The molecule has 3 heteroatoms. The normalized spacial score (nSPS) is 11.6. The van der Waals surface area contributed by atoms with Gasteiger partial charge in [-0.2, -0.15) is 0 Å². The highest BCUT2D eigenvalue weighted by atomic mass is 16.3. The van der Waals surface area contributed by atoms with Crippen molar-refractivity contribution in [2.24, 2.45) is 0 Å². The summed E-state index contributed by atoms with van der Waals surface area (Å²) in [4.78, 5) is 4.71. The predicted molar refractivity (Wildman–Crippen MR) is 144 cm³/mol. The van der Waals surface area contributed by atoms with E-state index in [0.717, 1.165) is 33.5 Å². The van der Waals surface area contributed by atoms with E-state index in [1.807, 2.05) is 12.1 Å². The van der Waals surface area contributed by atoms with Gasteiger partial charge < -0.3 is 8.98 Å². The highest BCUT2D eigenvalue weighted by Gasteiger charge is 2.12. The Hall–Kier alpha value is -4.63. The Morgan fingerprint density at radius 2 is 1.14 bits per heavy atom. The van der Waals surface area contributed by atoms with Gasteiger partial charge in [-0.25, -0.2) is 4.98 Å². The van der Waals surface area contributed by atoms with Crippen LogP contribution < -0.4 is 0 Å². The van der Waals surface area contributed by atoms with E-state index in [-0.39, 0.29) is 0 Å². The summed E-state index contributed by atoms with van der Waals surface area (Å²) in [7, 11) is 0. The number of fused-ring (bicyclic) bond motifs is 4. The van der Waals surface area contributed by atoms with Crippen molar-refractivity contribution in [1.29, 1.82) is 0 Å². The van der Waals surface area contributed by atoms with Gasteiger partial charge in [0.2, 0.25) is 5.89 Å². The lowest BCUT2D eigenvalue weighted by Crippen LogP contribution is -1.93. The molecular formula is C32H22N2O. The lowest BCUT2D eigenvalue weighted by molar-refractivity contribution is 0.620. The smallest absolute Gasteiger partial charge is 0.227 e. The van der Waals surface area contributed by atoms with Gasteiger partial charge in [0.15, 0.2) is 5.58 Å². The summed E-state index contributed by atoms with van der Waals surface area (Å²) in [6.45, 7) is 2.06. The molecule has 0 aliphatic heterocycles. The Bertz CT molecular complexity index is 1780. The topological polar surface area (TPSA) is 31.0 Å². The fraction of sp³-hybridized carbons (Fsp3) is 0.0312. The average molecular weight is 451 g/mol. The van der Waals surface area contributed by atoms with Crippen LogP contribution in [0.15, 0.2) is 120 Å². The lowest BCUT2D eigenvalue weighted by atomic mass is 10.0. The van der Waals surface area contributed by atoms with Crippen LogP contribution in [-0.4, -0.2) is 9.55 Å². The molecule has 3 nitrogen and oxygen atoms in total. The highest BCUT2D eigenvalue weighted by molar-refractivity contribution is 6.09. The molecule has 0 saturated carbocycles. The highest BCUT2D eigenvalue weighted by Crippen LogP contribution is 2.33. The van der Waals surface area contributed by atoms with Crippen molar-refractivity contribution < 1.29 is 4.42 Å². The summed E-state index contributed by atoms with van der Waals surface area (Å²) in [5.41, 5.74) is 9.79. The molecule has 0 atom stereocenters. The number of hydrogen-bond donors (Lipinski definition) is 0. The molecule has 0 radical (unpaired) electrons. The zero-order valence-corrected chi connectivity index (χ0v) is 19.3. The minimum atomic E-state index is 0.655. The van der Waals surface area contributed by atoms with Crippen molar-refractivity contribution in [3.63, 3.8) is 0 Å². The fourth-order valence-electron chi connectivity index (χ4n) is 5.02. The second kappa shape index (κ2) is 7.71. The summed E-state index contributed by atoms with van der Waals surface area (Å²) < 4.78 is 8.33. The summed E-state index contributed by atoms with van der Waals surface area (Å²) in [5.74, 6) is 0.655. The second-order valence-electron chi connectivity index (χ2n) is 8.93. The molecule has 0 fully saturated rings. The molecule has 166 valence electrons. The van der Waals surface area contributed by atoms with Crippen molar-refractivity contribution in [2.45, 2.75) is 6.92 Å². The van der Waals surface area contributed by atoms with Gasteiger partial charge in [-0.15, -0.1) is 0 Å². The first-order valence-corrected chi connectivity index (χ1v) is 11.8. The van der Waals surface area contributed by atoms with Crippen molar-refractivity contribution in [3.8, 4) is 28.3 Å². The summed E-state index contributed by atoms with van der Waals surface area (Å²) in [6, 6.07) is 40.4. The number of aromatic nitrogens is 2. The molecular weight excluding hydrogens is 428 g/mol. The number of benzene rings is 5. The van der Waals surface area contributed by atoms with Gasteiger partial charge in [-0.3, -0.25) is 0 Å². The Morgan fingerprint density at radius 3 is 1.77 bits per heavy atom. The van der Waals surface area contributed by atoms with Gasteiger partial charge >= 0.3 is 0 Å². The average Bonchev–Trinajstić information content (AvgIpc) is 3.50. The SMILES string of the molecule is Cc1cccc2oc(-c3ccc(-c4ccc(-n5c6ccccc6c6ccccc65)cc4)cc3)nc12. The second-order valence-corrected chi connectivity index (χ2v) is 8.93. The largest absolute Gasteiger partial charge is 0.436 e. The third kappa shape index (κ3) is 3.17. The van der Waals surface area contributed by atoms with Crippen molar-refractivity contribution in [1.82, 2.24) is 9.55 Å². The molecule has 0 unspecified atom stereocenters. The van der Waals surface area contributed by atoms with E-state index in [9.17, 15) is 0 Å². The molecule has 0 bridgehead atoms. The van der Waals surface area contributed by atoms with Crippen molar-refractivity contribution in [3.05, 3.63) is 121 Å². The van der Waals surface area contributed by atoms with Crippen LogP contribution in [0.25, 0.3) is 61.2 Å². The third-order valence-corrected chi connectivity index (χ3v) is 6.79. The van der Waals surface area contributed by atoms with Crippen LogP contribution in [0.2, 0.25) is 0 Å². The van der Waals surface area contributed by atoms with Crippen LogP contribution in [-0.2, 0) is 0 Å². The zero-order chi connectivity index (χ0) is 23.4. The maximum atomic E-state index is 5.99. The molecule has 0 saturated heterocycles. The number of aryl methyl sites for hydroxylation is 1. The maximum absolute atomic E-state index is 5.99. The molecule has 35 heavy (non-hydrogen) atoms. The van der Waals surface area contributed by atoms with Crippen molar-refractivity contribution in [2.75, 3.05) is 0 Å². The standard InChI is InChI=1S/C32H22N2O/c1-21-7-6-12-30-31(21)33-32(35-30)24-15-13-22(14-16-24)23-17-19-25(20-18-23)34-28-10-4-2-8-26(28)27-9-3-5-11-29(27)34/h2-20H,1H3. The van der Waals surface area contributed by atoms with Gasteiger partial charge in [0.1, 0.15) is 5.52 Å². The number of oxazole rings is 1. The molecule has 2 aromatic heterocycles. The van der Waals surface area contributed by atoms with Gasteiger partial charge in [0.25, 0.3) is 0 Å². The summed E-state index contributed by atoms with van der Waals surface area (Å²) in [6.07, 6.45) is 0. The maximum Gasteiger partial charge on any atom is 0.227 e. The number of rotatable bonds is 3. The molecule has 2 heterocycles. The quantitative estimate of drug-likeness (QED) is 0.270. The Kier molecular flexibility index (Phi) is 4.36. The first kappa shape index (κ1) is 19.8. The van der Waals surface area contributed by atoms with E-state index < -0.39 is 0 Å². The number of hydrogen-bond acceptors (Lipinski definition) is 2. The Labute approximate surface area is 202 Å². The third-order valence-electron chi connectivity index (χ3n) is 6.79. The fourth-order valence-corrected chi connectivity index (χ4v) is 5.02. The summed E-state index contributed by atoms with van der Waals surface area (Å²) >= 11 is 0. The van der Waals surface area contributed by atoms with E-state index >= 15 is 0 Å². The zero-order valence-electron chi connectivity index (χ0n) is 19.3. The van der Waals surface area contributed by atoms with Gasteiger partial charge in [-0.1, -0.05) is 72.8 Å². The van der Waals surface area contributed by atoms with E-state index in [2.05, 4.69) is 115 Å². The summed E-state index contributed by atoms with van der Waals surface area (Å²) in [5, 5.41) is 2.55. The van der Waals surface area contributed by atoms with Gasteiger partial charge in [0, 0.05) is 22.0 Å². The molecule has 0 N–H and O–H groups in total. The molecule has 0 amide bonds. The Morgan fingerprint density at radius 1 is 0.571 bits per heavy atom.